The van der Waals surface area contributed by atoms with Gasteiger partial charge in [0.2, 0.25) is 0 Å². The number of aromatic nitrogens is 2. The highest BCUT2D eigenvalue weighted by molar-refractivity contribution is 7.20. The Kier molecular flexibility index (Phi) is 4.94. The number of carbonyl (C=O) groups is 1. The maximum absolute atomic E-state index is 12.9. The van der Waals surface area contributed by atoms with E-state index < -0.39 is 0 Å². The predicted octanol–water partition coefficient (Wildman–Crippen LogP) is 4.18. The molecule has 1 N–H and O–H groups in total. The summed E-state index contributed by atoms with van der Waals surface area (Å²) in [5, 5.41) is 3.96. The zero-order valence-electron chi connectivity index (χ0n) is 17.3. The molecule has 1 amide bonds. The van der Waals surface area contributed by atoms with Crippen molar-refractivity contribution in [3.05, 3.63) is 46.2 Å². The molecule has 1 atom stereocenters. The van der Waals surface area contributed by atoms with Gasteiger partial charge in [0.15, 0.2) is 11.5 Å². The number of nitrogens with zero attached hydrogens (tertiary/aromatic N) is 2. The van der Waals surface area contributed by atoms with Gasteiger partial charge in [-0.25, -0.2) is 9.97 Å². The summed E-state index contributed by atoms with van der Waals surface area (Å²) in [6.45, 7) is 11.0. The number of aryl methyl sites for hydroxylation is 2. The highest BCUT2D eigenvalue weighted by Crippen LogP contribution is 2.33. The van der Waals surface area contributed by atoms with Crippen molar-refractivity contribution in [3.8, 4) is 11.5 Å². The van der Waals surface area contributed by atoms with Crippen LogP contribution in [0.5, 0.6) is 11.5 Å². The van der Waals surface area contributed by atoms with Crippen molar-refractivity contribution in [2.24, 2.45) is 0 Å². The Labute approximate surface area is 174 Å². The smallest absolute Gasteiger partial charge is 0.261 e. The number of fused-ring (bicyclic) bond motifs is 2. The van der Waals surface area contributed by atoms with Gasteiger partial charge in [0, 0.05) is 10.8 Å². The SMILES string of the molecule is Cc1nc(C(C)(C)C)nc2sc(C(=O)NCC3COc4ccccc4O3)c(C)c12. The molecule has 1 aromatic carbocycles. The summed E-state index contributed by atoms with van der Waals surface area (Å²) in [5.41, 5.74) is 1.69. The molecule has 1 unspecified atom stereocenters. The Morgan fingerprint density at radius 2 is 1.93 bits per heavy atom. The van der Waals surface area contributed by atoms with Crippen LogP contribution in [0, 0.1) is 13.8 Å². The van der Waals surface area contributed by atoms with Crippen LogP contribution in [0.2, 0.25) is 0 Å². The van der Waals surface area contributed by atoms with E-state index in [1.54, 1.807) is 0 Å². The van der Waals surface area contributed by atoms with Gasteiger partial charge in [0.05, 0.1) is 17.1 Å². The molecule has 0 radical (unpaired) electrons. The number of thiophene rings is 1. The van der Waals surface area contributed by atoms with Crippen LogP contribution in [0.15, 0.2) is 24.3 Å². The number of carbonyl (C=O) groups excluding carboxylic acids is 1. The van der Waals surface area contributed by atoms with Crippen LogP contribution < -0.4 is 14.8 Å². The lowest BCUT2D eigenvalue weighted by atomic mass is 9.95. The quantitative estimate of drug-likeness (QED) is 0.700. The standard InChI is InChI=1S/C22H25N3O3S/c1-12-17-13(2)24-21(22(3,4)5)25-20(17)29-18(12)19(26)23-10-14-11-27-15-8-6-7-9-16(15)28-14/h6-9,14H,10-11H2,1-5H3,(H,23,26). The first-order valence-electron chi connectivity index (χ1n) is 9.69. The molecule has 0 saturated carbocycles. The van der Waals surface area contributed by atoms with Gasteiger partial charge in [-0.3, -0.25) is 4.79 Å². The van der Waals surface area contributed by atoms with E-state index in [0.29, 0.717) is 23.8 Å². The highest BCUT2D eigenvalue weighted by Gasteiger charge is 2.25. The van der Waals surface area contributed by atoms with Crippen molar-refractivity contribution >= 4 is 27.5 Å². The summed E-state index contributed by atoms with van der Waals surface area (Å²) in [4.78, 5) is 23.8. The first-order valence-corrected chi connectivity index (χ1v) is 10.5. The largest absolute Gasteiger partial charge is 0.486 e. The molecular weight excluding hydrogens is 386 g/mol. The molecule has 6 nitrogen and oxygen atoms in total. The lowest BCUT2D eigenvalue weighted by molar-refractivity contribution is 0.0791. The van der Waals surface area contributed by atoms with Crippen molar-refractivity contribution in [1.29, 1.82) is 0 Å². The highest BCUT2D eigenvalue weighted by atomic mass is 32.1. The van der Waals surface area contributed by atoms with Gasteiger partial charge in [0.1, 0.15) is 23.4 Å². The van der Waals surface area contributed by atoms with Gasteiger partial charge in [-0.05, 0) is 31.5 Å². The number of rotatable bonds is 3. The second kappa shape index (κ2) is 7.30. The maximum atomic E-state index is 12.9. The van der Waals surface area contributed by atoms with Crippen LogP contribution in [0.1, 0.15) is 47.5 Å². The molecule has 0 fully saturated rings. The van der Waals surface area contributed by atoms with E-state index in [1.165, 1.54) is 11.3 Å². The van der Waals surface area contributed by atoms with Crippen LogP contribution in [-0.2, 0) is 5.41 Å². The number of ether oxygens (including phenoxy) is 2. The van der Waals surface area contributed by atoms with Crippen molar-refractivity contribution < 1.29 is 14.3 Å². The second-order valence-corrected chi connectivity index (χ2v) is 9.33. The molecule has 0 bridgehead atoms. The van der Waals surface area contributed by atoms with Crippen LogP contribution in [0.3, 0.4) is 0 Å². The molecule has 1 aliphatic rings. The van der Waals surface area contributed by atoms with Crippen molar-refractivity contribution in [3.63, 3.8) is 0 Å². The molecule has 0 aliphatic carbocycles. The zero-order valence-corrected chi connectivity index (χ0v) is 18.1. The minimum atomic E-state index is -0.224. The number of hydrogen-bond donors (Lipinski definition) is 1. The van der Waals surface area contributed by atoms with Gasteiger partial charge in [-0.15, -0.1) is 11.3 Å². The van der Waals surface area contributed by atoms with Crippen LogP contribution >= 0.6 is 11.3 Å². The first-order chi connectivity index (χ1) is 13.7. The Morgan fingerprint density at radius 1 is 1.21 bits per heavy atom. The fourth-order valence-electron chi connectivity index (χ4n) is 3.34. The van der Waals surface area contributed by atoms with E-state index in [-0.39, 0.29) is 17.4 Å². The number of hydrogen-bond acceptors (Lipinski definition) is 6. The Morgan fingerprint density at radius 3 is 2.66 bits per heavy atom. The van der Waals surface area contributed by atoms with Crippen molar-refractivity contribution in [2.75, 3.05) is 13.2 Å². The first kappa shape index (κ1) is 19.6. The maximum Gasteiger partial charge on any atom is 0.261 e. The van der Waals surface area contributed by atoms with Crippen LogP contribution in [-0.4, -0.2) is 35.1 Å². The summed E-state index contributed by atoms with van der Waals surface area (Å²) in [7, 11) is 0. The molecule has 29 heavy (non-hydrogen) atoms. The van der Waals surface area contributed by atoms with E-state index in [4.69, 9.17) is 14.5 Å². The van der Waals surface area contributed by atoms with Crippen LogP contribution in [0.4, 0.5) is 0 Å². The summed E-state index contributed by atoms with van der Waals surface area (Å²) in [5.74, 6) is 2.11. The van der Waals surface area contributed by atoms with Gasteiger partial charge in [-0.1, -0.05) is 32.9 Å². The average molecular weight is 412 g/mol. The summed E-state index contributed by atoms with van der Waals surface area (Å²) < 4.78 is 11.6. The number of para-hydroxylation sites is 2. The molecule has 0 spiro atoms. The Balaban J connectivity index is 1.52. The monoisotopic (exact) mass is 411 g/mol. The number of nitrogens with one attached hydrogen (secondary N) is 1. The molecule has 2 aromatic heterocycles. The minimum absolute atomic E-state index is 0.121. The zero-order chi connectivity index (χ0) is 20.8. The van der Waals surface area contributed by atoms with E-state index in [9.17, 15) is 4.79 Å². The van der Waals surface area contributed by atoms with Crippen LogP contribution in [0.25, 0.3) is 10.2 Å². The fraction of sp³-hybridized carbons (Fsp3) is 0.409. The summed E-state index contributed by atoms with van der Waals surface area (Å²) >= 11 is 1.42. The van der Waals surface area contributed by atoms with Crippen molar-refractivity contribution in [1.82, 2.24) is 15.3 Å². The normalized spacial score (nSPS) is 16.1. The average Bonchev–Trinajstić information content (AvgIpc) is 3.02. The van der Waals surface area contributed by atoms with Gasteiger partial charge in [-0.2, -0.15) is 0 Å². The second-order valence-electron chi connectivity index (χ2n) is 8.33. The van der Waals surface area contributed by atoms with Crippen molar-refractivity contribution in [2.45, 2.75) is 46.1 Å². The molecular formula is C22H25N3O3S. The molecule has 152 valence electrons. The Bertz CT molecular complexity index is 1080. The topological polar surface area (TPSA) is 73.3 Å². The fourth-order valence-corrected chi connectivity index (χ4v) is 4.49. The van der Waals surface area contributed by atoms with E-state index >= 15 is 0 Å². The molecule has 4 rings (SSSR count). The minimum Gasteiger partial charge on any atom is -0.486 e. The third kappa shape index (κ3) is 3.79. The van der Waals surface area contributed by atoms with E-state index in [1.807, 2.05) is 38.1 Å². The van der Waals surface area contributed by atoms with Gasteiger partial charge < -0.3 is 14.8 Å². The predicted molar refractivity (Wildman–Crippen MR) is 114 cm³/mol. The lowest BCUT2D eigenvalue weighted by Crippen LogP contribution is -2.40. The summed E-state index contributed by atoms with van der Waals surface area (Å²) in [6, 6.07) is 7.55. The number of benzene rings is 1. The molecule has 1 aliphatic heterocycles. The Hall–Kier alpha value is -2.67. The molecule has 7 heteroatoms. The van der Waals surface area contributed by atoms with Gasteiger partial charge in [0.25, 0.3) is 5.91 Å². The molecule has 0 saturated heterocycles. The molecule has 3 aromatic rings. The van der Waals surface area contributed by atoms with Gasteiger partial charge >= 0.3 is 0 Å². The lowest BCUT2D eigenvalue weighted by Gasteiger charge is -2.26. The third-order valence-corrected chi connectivity index (χ3v) is 6.09. The van der Waals surface area contributed by atoms with E-state index in [0.717, 1.165) is 33.0 Å². The van der Waals surface area contributed by atoms with E-state index in [2.05, 4.69) is 31.1 Å². The summed E-state index contributed by atoms with van der Waals surface area (Å²) in [6.07, 6.45) is -0.224. The number of amides is 1. The molecule has 3 heterocycles. The third-order valence-electron chi connectivity index (χ3n) is 4.91.